The Morgan fingerprint density at radius 1 is 1.00 bits per heavy atom. The topological polar surface area (TPSA) is 61.3 Å². The standard InChI is InChI=1S/C10H24N2O/c1-9(2,7-11)5-6-13-10(3,4)8-12/h5-8,11-12H2,1-4H3. The van der Waals surface area contributed by atoms with E-state index in [0.29, 0.717) is 13.1 Å². The van der Waals surface area contributed by atoms with Gasteiger partial charge in [-0.25, -0.2) is 0 Å². The zero-order valence-corrected chi connectivity index (χ0v) is 9.39. The summed E-state index contributed by atoms with van der Waals surface area (Å²) in [4.78, 5) is 0. The van der Waals surface area contributed by atoms with E-state index >= 15 is 0 Å². The lowest BCUT2D eigenvalue weighted by atomic mass is 9.90. The summed E-state index contributed by atoms with van der Waals surface area (Å²) in [5.41, 5.74) is 11.1. The van der Waals surface area contributed by atoms with Crippen LogP contribution < -0.4 is 11.5 Å². The summed E-state index contributed by atoms with van der Waals surface area (Å²) in [7, 11) is 0. The molecule has 3 heteroatoms. The summed E-state index contributed by atoms with van der Waals surface area (Å²) >= 11 is 0. The molecular weight excluding hydrogens is 164 g/mol. The molecule has 0 aliphatic carbocycles. The first-order chi connectivity index (χ1) is 5.83. The van der Waals surface area contributed by atoms with Crippen molar-refractivity contribution in [3.63, 3.8) is 0 Å². The summed E-state index contributed by atoms with van der Waals surface area (Å²) in [6, 6.07) is 0. The molecule has 0 aliphatic rings. The third-order valence-electron chi connectivity index (χ3n) is 2.32. The van der Waals surface area contributed by atoms with E-state index in [0.717, 1.165) is 13.0 Å². The normalized spacial score (nSPS) is 13.4. The molecule has 4 N–H and O–H groups in total. The average Bonchev–Trinajstić information content (AvgIpc) is 2.04. The highest BCUT2D eigenvalue weighted by atomic mass is 16.5. The SMILES string of the molecule is CC(C)(CN)CCOC(C)(C)CN. The highest BCUT2D eigenvalue weighted by Gasteiger charge is 2.19. The second-order valence-electron chi connectivity index (χ2n) is 4.93. The van der Waals surface area contributed by atoms with Crippen molar-refractivity contribution in [3.8, 4) is 0 Å². The highest BCUT2D eigenvalue weighted by Crippen LogP contribution is 2.19. The minimum Gasteiger partial charge on any atom is -0.374 e. The van der Waals surface area contributed by atoms with Crippen LogP contribution in [-0.4, -0.2) is 25.3 Å². The molecule has 0 aromatic carbocycles. The van der Waals surface area contributed by atoms with Gasteiger partial charge in [0.25, 0.3) is 0 Å². The molecule has 0 fully saturated rings. The molecule has 0 aliphatic heterocycles. The second kappa shape index (κ2) is 4.94. The molecule has 0 saturated heterocycles. The Labute approximate surface area is 81.8 Å². The van der Waals surface area contributed by atoms with Crippen molar-refractivity contribution in [1.29, 1.82) is 0 Å². The summed E-state index contributed by atoms with van der Waals surface area (Å²) in [6.07, 6.45) is 0.979. The first-order valence-electron chi connectivity index (χ1n) is 4.87. The maximum atomic E-state index is 5.64. The van der Waals surface area contributed by atoms with Crippen molar-refractivity contribution in [3.05, 3.63) is 0 Å². The molecule has 0 aromatic rings. The lowest BCUT2D eigenvalue weighted by Gasteiger charge is -2.27. The van der Waals surface area contributed by atoms with E-state index in [2.05, 4.69) is 13.8 Å². The van der Waals surface area contributed by atoms with Gasteiger partial charge in [0.15, 0.2) is 0 Å². The molecule has 0 bridgehead atoms. The van der Waals surface area contributed by atoms with Gasteiger partial charge in [-0.2, -0.15) is 0 Å². The maximum Gasteiger partial charge on any atom is 0.0748 e. The van der Waals surface area contributed by atoms with E-state index in [9.17, 15) is 0 Å². The monoisotopic (exact) mass is 188 g/mol. The first-order valence-corrected chi connectivity index (χ1v) is 4.87. The fraction of sp³-hybridized carbons (Fsp3) is 1.00. The molecule has 0 unspecified atom stereocenters. The van der Waals surface area contributed by atoms with Gasteiger partial charge in [0.1, 0.15) is 0 Å². The summed E-state index contributed by atoms with van der Waals surface area (Å²) in [5, 5.41) is 0. The van der Waals surface area contributed by atoms with Gasteiger partial charge < -0.3 is 16.2 Å². The Balaban J connectivity index is 3.68. The fourth-order valence-corrected chi connectivity index (χ4v) is 0.765. The first kappa shape index (κ1) is 12.9. The van der Waals surface area contributed by atoms with Crippen LogP contribution in [0.5, 0.6) is 0 Å². The number of nitrogens with two attached hydrogens (primary N) is 2. The van der Waals surface area contributed by atoms with Crippen molar-refractivity contribution in [2.24, 2.45) is 16.9 Å². The summed E-state index contributed by atoms with van der Waals surface area (Å²) < 4.78 is 5.64. The second-order valence-corrected chi connectivity index (χ2v) is 4.93. The largest absolute Gasteiger partial charge is 0.374 e. The third kappa shape index (κ3) is 6.02. The van der Waals surface area contributed by atoms with Crippen molar-refractivity contribution < 1.29 is 4.74 Å². The van der Waals surface area contributed by atoms with Crippen LogP contribution in [0.3, 0.4) is 0 Å². The molecule has 0 heterocycles. The lowest BCUT2D eigenvalue weighted by molar-refractivity contribution is -0.0215. The maximum absolute atomic E-state index is 5.64. The quantitative estimate of drug-likeness (QED) is 0.656. The van der Waals surface area contributed by atoms with Crippen LogP contribution in [0, 0.1) is 5.41 Å². The van der Waals surface area contributed by atoms with Gasteiger partial charge in [0.05, 0.1) is 5.60 Å². The van der Waals surface area contributed by atoms with Gasteiger partial charge in [-0.1, -0.05) is 13.8 Å². The Morgan fingerprint density at radius 3 is 1.92 bits per heavy atom. The van der Waals surface area contributed by atoms with Crippen molar-refractivity contribution in [2.45, 2.75) is 39.7 Å². The number of rotatable bonds is 6. The van der Waals surface area contributed by atoms with Gasteiger partial charge in [0.2, 0.25) is 0 Å². The van der Waals surface area contributed by atoms with E-state index in [4.69, 9.17) is 16.2 Å². The van der Waals surface area contributed by atoms with Crippen molar-refractivity contribution >= 4 is 0 Å². The predicted molar refractivity (Wildman–Crippen MR) is 56.5 cm³/mol. The zero-order chi connectivity index (χ0) is 10.5. The Morgan fingerprint density at radius 2 is 1.54 bits per heavy atom. The molecule has 0 aromatic heterocycles. The van der Waals surface area contributed by atoms with Crippen LogP contribution in [0.2, 0.25) is 0 Å². The van der Waals surface area contributed by atoms with Crippen LogP contribution in [0.1, 0.15) is 34.1 Å². The molecule has 3 nitrogen and oxygen atoms in total. The highest BCUT2D eigenvalue weighted by molar-refractivity contribution is 4.72. The smallest absolute Gasteiger partial charge is 0.0748 e. The predicted octanol–water partition coefficient (Wildman–Crippen LogP) is 1.12. The number of hydrogen-bond acceptors (Lipinski definition) is 3. The molecule has 0 spiro atoms. The molecule has 13 heavy (non-hydrogen) atoms. The van der Waals surface area contributed by atoms with Crippen LogP contribution in [0.25, 0.3) is 0 Å². The van der Waals surface area contributed by atoms with Crippen LogP contribution >= 0.6 is 0 Å². The molecule has 80 valence electrons. The van der Waals surface area contributed by atoms with Gasteiger partial charge in [0, 0.05) is 13.2 Å². The van der Waals surface area contributed by atoms with E-state index in [1.54, 1.807) is 0 Å². The average molecular weight is 188 g/mol. The Kier molecular flexibility index (Phi) is 4.89. The molecule has 0 rings (SSSR count). The van der Waals surface area contributed by atoms with Gasteiger partial charge in [-0.05, 0) is 32.2 Å². The van der Waals surface area contributed by atoms with Gasteiger partial charge in [-0.15, -0.1) is 0 Å². The van der Waals surface area contributed by atoms with Crippen LogP contribution in [0.4, 0.5) is 0 Å². The third-order valence-corrected chi connectivity index (χ3v) is 2.32. The molecule has 0 saturated carbocycles. The van der Waals surface area contributed by atoms with E-state index in [1.165, 1.54) is 0 Å². The van der Waals surface area contributed by atoms with E-state index in [1.807, 2.05) is 13.8 Å². The van der Waals surface area contributed by atoms with Crippen LogP contribution in [-0.2, 0) is 4.74 Å². The lowest BCUT2D eigenvalue weighted by Crippen LogP contribution is -2.35. The minimum absolute atomic E-state index is 0.171. The van der Waals surface area contributed by atoms with Gasteiger partial charge >= 0.3 is 0 Å². The molecular formula is C10H24N2O. The minimum atomic E-state index is -0.204. The van der Waals surface area contributed by atoms with Crippen molar-refractivity contribution in [2.75, 3.05) is 19.7 Å². The number of hydrogen-bond donors (Lipinski definition) is 2. The Hall–Kier alpha value is -0.120. The molecule has 0 amide bonds. The van der Waals surface area contributed by atoms with E-state index < -0.39 is 0 Å². The zero-order valence-electron chi connectivity index (χ0n) is 9.39. The summed E-state index contributed by atoms with van der Waals surface area (Å²) in [6.45, 7) is 10.3. The van der Waals surface area contributed by atoms with Gasteiger partial charge in [-0.3, -0.25) is 0 Å². The Bertz CT molecular complexity index is 128. The molecule has 0 radical (unpaired) electrons. The number of ether oxygens (including phenoxy) is 1. The fourth-order valence-electron chi connectivity index (χ4n) is 0.765. The molecule has 0 atom stereocenters. The summed E-state index contributed by atoms with van der Waals surface area (Å²) in [5.74, 6) is 0. The van der Waals surface area contributed by atoms with Crippen molar-refractivity contribution in [1.82, 2.24) is 0 Å². The van der Waals surface area contributed by atoms with E-state index in [-0.39, 0.29) is 11.0 Å². The van der Waals surface area contributed by atoms with Crippen LogP contribution in [0.15, 0.2) is 0 Å².